The van der Waals surface area contributed by atoms with Gasteiger partial charge in [-0.1, -0.05) is 36.4 Å². The summed E-state index contributed by atoms with van der Waals surface area (Å²) >= 11 is 0. The molecule has 0 bridgehead atoms. The number of esters is 1. The molecule has 27 heavy (non-hydrogen) atoms. The fraction of sp³-hybridized carbons (Fsp3) is 0.333. The topological polar surface area (TPSA) is 65.1 Å². The van der Waals surface area contributed by atoms with Crippen molar-refractivity contribution in [2.75, 3.05) is 27.0 Å². The third kappa shape index (κ3) is 4.58. The highest BCUT2D eigenvalue weighted by molar-refractivity contribution is 5.82. The van der Waals surface area contributed by atoms with E-state index in [0.717, 1.165) is 11.1 Å². The number of hydrogen-bond donors (Lipinski definition) is 0. The van der Waals surface area contributed by atoms with Crippen LogP contribution in [0.5, 0.6) is 11.5 Å². The van der Waals surface area contributed by atoms with E-state index in [4.69, 9.17) is 14.2 Å². The lowest BCUT2D eigenvalue weighted by Gasteiger charge is -2.22. The van der Waals surface area contributed by atoms with Gasteiger partial charge in [-0.2, -0.15) is 0 Å². The van der Waals surface area contributed by atoms with Gasteiger partial charge >= 0.3 is 5.97 Å². The van der Waals surface area contributed by atoms with Crippen molar-refractivity contribution in [3.63, 3.8) is 0 Å². The van der Waals surface area contributed by atoms with Crippen molar-refractivity contribution in [2.45, 2.75) is 19.3 Å². The average molecular weight is 369 g/mol. The van der Waals surface area contributed by atoms with E-state index in [0.29, 0.717) is 18.1 Å². The second-order valence-electron chi connectivity index (χ2n) is 6.33. The van der Waals surface area contributed by atoms with Crippen molar-refractivity contribution >= 4 is 11.9 Å². The van der Waals surface area contributed by atoms with Gasteiger partial charge in [0.2, 0.25) is 12.7 Å². The normalized spacial score (nSPS) is 13.1. The molecule has 1 amide bonds. The molecule has 2 aromatic carbocycles. The first-order chi connectivity index (χ1) is 13.1. The molecule has 6 heteroatoms. The number of benzene rings is 2. The molecule has 0 unspecified atom stereocenters. The molecule has 1 atom stereocenters. The van der Waals surface area contributed by atoms with Gasteiger partial charge in [-0.05, 0) is 30.2 Å². The SMILES string of the molecule is CCOC(=O)CN(C)C(=O)C[C@@H](c1ccccc1)c1ccc2c(c1)OCO2. The summed E-state index contributed by atoms with van der Waals surface area (Å²) < 4.78 is 15.8. The highest BCUT2D eigenvalue weighted by atomic mass is 16.7. The van der Waals surface area contributed by atoms with E-state index < -0.39 is 5.97 Å². The first-order valence-corrected chi connectivity index (χ1v) is 8.92. The van der Waals surface area contributed by atoms with Crippen LogP contribution in [0.15, 0.2) is 48.5 Å². The van der Waals surface area contributed by atoms with Gasteiger partial charge in [0.25, 0.3) is 0 Å². The number of amides is 1. The Hall–Kier alpha value is -3.02. The van der Waals surface area contributed by atoms with Crippen molar-refractivity contribution in [1.82, 2.24) is 4.90 Å². The monoisotopic (exact) mass is 369 g/mol. The van der Waals surface area contributed by atoms with Crippen molar-refractivity contribution in [2.24, 2.45) is 0 Å². The van der Waals surface area contributed by atoms with Crippen LogP contribution in [0.1, 0.15) is 30.4 Å². The lowest BCUT2D eigenvalue weighted by Crippen LogP contribution is -2.34. The van der Waals surface area contributed by atoms with E-state index in [9.17, 15) is 9.59 Å². The van der Waals surface area contributed by atoms with Crippen molar-refractivity contribution in [3.8, 4) is 11.5 Å². The van der Waals surface area contributed by atoms with Crippen molar-refractivity contribution in [1.29, 1.82) is 0 Å². The number of rotatable bonds is 7. The summed E-state index contributed by atoms with van der Waals surface area (Å²) in [5, 5.41) is 0. The van der Waals surface area contributed by atoms with Crippen LogP contribution in [-0.2, 0) is 14.3 Å². The van der Waals surface area contributed by atoms with Gasteiger partial charge in [0.05, 0.1) is 6.61 Å². The Morgan fingerprint density at radius 2 is 1.81 bits per heavy atom. The molecule has 0 fully saturated rings. The molecule has 0 N–H and O–H groups in total. The number of nitrogens with zero attached hydrogens (tertiary/aromatic N) is 1. The zero-order valence-corrected chi connectivity index (χ0v) is 15.5. The summed E-state index contributed by atoms with van der Waals surface area (Å²) in [6.45, 7) is 2.18. The largest absolute Gasteiger partial charge is 0.465 e. The quantitative estimate of drug-likeness (QED) is 0.702. The number of likely N-dealkylation sites (N-methyl/N-ethyl adjacent to an activating group) is 1. The number of hydrogen-bond acceptors (Lipinski definition) is 5. The highest BCUT2D eigenvalue weighted by Gasteiger charge is 2.24. The van der Waals surface area contributed by atoms with E-state index in [1.54, 1.807) is 14.0 Å². The molecule has 1 aliphatic rings. The zero-order chi connectivity index (χ0) is 19.2. The third-order valence-corrected chi connectivity index (χ3v) is 4.48. The first-order valence-electron chi connectivity index (χ1n) is 8.92. The maximum atomic E-state index is 12.7. The van der Waals surface area contributed by atoms with Crippen molar-refractivity contribution < 1.29 is 23.8 Å². The minimum Gasteiger partial charge on any atom is -0.465 e. The number of ether oxygens (including phenoxy) is 3. The molecular formula is C21H23NO5. The fourth-order valence-corrected chi connectivity index (χ4v) is 3.06. The molecule has 1 heterocycles. The van der Waals surface area contributed by atoms with Crippen LogP contribution in [0.3, 0.4) is 0 Å². The van der Waals surface area contributed by atoms with Gasteiger partial charge < -0.3 is 19.1 Å². The van der Waals surface area contributed by atoms with E-state index in [1.807, 2.05) is 48.5 Å². The minimum atomic E-state index is -0.410. The molecule has 3 rings (SSSR count). The second kappa shape index (κ2) is 8.58. The van der Waals surface area contributed by atoms with E-state index in [2.05, 4.69) is 0 Å². The van der Waals surface area contributed by atoms with Gasteiger partial charge in [0.15, 0.2) is 11.5 Å². The Labute approximate surface area is 158 Å². The Morgan fingerprint density at radius 1 is 1.07 bits per heavy atom. The van der Waals surface area contributed by atoms with Crippen LogP contribution < -0.4 is 9.47 Å². The Morgan fingerprint density at radius 3 is 2.56 bits per heavy atom. The number of carbonyl (C=O) groups excluding carboxylic acids is 2. The molecule has 2 aromatic rings. The molecule has 0 saturated carbocycles. The Balaban J connectivity index is 1.81. The van der Waals surface area contributed by atoms with Gasteiger partial charge in [-0.25, -0.2) is 0 Å². The van der Waals surface area contributed by atoms with Crippen LogP contribution in [0.2, 0.25) is 0 Å². The molecule has 0 radical (unpaired) electrons. The lowest BCUT2D eigenvalue weighted by atomic mass is 9.88. The third-order valence-electron chi connectivity index (χ3n) is 4.48. The molecule has 142 valence electrons. The van der Waals surface area contributed by atoms with Crippen LogP contribution in [-0.4, -0.2) is 43.8 Å². The maximum Gasteiger partial charge on any atom is 0.325 e. The van der Waals surface area contributed by atoms with Crippen molar-refractivity contribution in [3.05, 3.63) is 59.7 Å². The van der Waals surface area contributed by atoms with Gasteiger partial charge in [0, 0.05) is 19.4 Å². The molecule has 6 nitrogen and oxygen atoms in total. The van der Waals surface area contributed by atoms with Crippen LogP contribution >= 0.6 is 0 Å². The smallest absolute Gasteiger partial charge is 0.325 e. The molecule has 0 aliphatic carbocycles. The van der Waals surface area contributed by atoms with Crippen LogP contribution in [0.4, 0.5) is 0 Å². The Kier molecular flexibility index (Phi) is 5.96. The van der Waals surface area contributed by atoms with Gasteiger partial charge in [0.1, 0.15) is 6.54 Å². The van der Waals surface area contributed by atoms with E-state index >= 15 is 0 Å². The molecular weight excluding hydrogens is 346 g/mol. The lowest BCUT2D eigenvalue weighted by molar-refractivity contribution is -0.148. The predicted octanol–water partition coefficient (Wildman–Crippen LogP) is 2.96. The maximum absolute atomic E-state index is 12.7. The summed E-state index contributed by atoms with van der Waals surface area (Å²) in [6.07, 6.45) is 0.236. The molecule has 0 saturated heterocycles. The zero-order valence-electron chi connectivity index (χ0n) is 15.5. The fourth-order valence-electron chi connectivity index (χ4n) is 3.06. The van der Waals surface area contributed by atoms with E-state index in [1.165, 1.54) is 4.90 Å². The second-order valence-corrected chi connectivity index (χ2v) is 6.33. The summed E-state index contributed by atoms with van der Waals surface area (Å²) in [5.41, 5.74) is 1.98. The number of fused-ring (bicyclic) bond motifs is 1. The van der Waals surface area contributed by atoms with Gasteiger partial charge in [-0.3, -0.25) is 9.59 Å². The molecule has 1 aliphatic heterocycles. The summed E-state index contributed by atoms with van der Waals surface area (Å²) in [6, 6.07) is 15.5. The molecule has 0 aromatic heterocycles. The van der Waals surface area contributed by atoms with Gasteiger partial charge in [-0.15, -0.1) is 0 Å². The Bertz CT molecular complexity index is 805. The standard InChI is InChI=1S/C21H23NO5/c1-3-25-21(24)13-22(2)20(23)12-17(15-7-5-4-6-8-15)16-9-10-18-19(11-16)27-14-26-18/h4-11,17H,3,12-14H2,1-2H3/t17-/m0/s1. The van der Waals surface area contributed by atoms with E-state index in [-0.39, 0.29) is 31.6 Å². The highest BCUT2D eigenvalue weighted by Crippen LogP contribution is 2.37. The first kappa shape index (κ1) is 18.8. The van der Waals surface area contributed by atoms with Crippen LogP contribution in [0, 0.1) is 0 Å². The summed E-state index contributed by atoms with van der Waals surface area (Å²) in [7, 11) is 1.61. The summed E-state index contributed by atoms with van der Waals surface area (Å²) in [5.74, 6) is 0.692. The summed E-state index contributed by atoms with van der Waals surface area (Å²) in [4.78, 5) is 25.8. The van der Waals surface area contributed by atoms with Crippen LogP contribution in [0.25, 0.3) is 0 Å². The molecule has 0 spiro atoms. The predicted molar refractivity (Wildman–Crippen MR) is 99.7 cm³/mol. The number of carbonyl (C=O) groups is 2. The minimum absolute atomic E-state index is 0.0602. The average Bonchev–Trinajstić information content (AvgIpc) is 3.14.